The number of benzene rings is 1. The van der Waals surface area contributed by atoms with E-state index in [1.165, 1.54) is 6.20 Å². The van der Waals surface area contributed by atoms with Crippen molar-refractivity contribution in [3.05, 3.63) is 90.6 Å². The lowest BCUT2D eigenvalue weighted by Crippen LogP contribution is -2.47. The molecule has 2 N–H and O–H groups in total. The third-order valence-electron chi connectivity index (χ3n) is 7.50. The highest BCUT2D eigenvalue weighted by atomic mass is 16.2. The van der Waals surface area contributed by atoms with Gasteiger partial charge in [0, 0.05) is 62.9 Å². The second-order valence-corrected chi connectivity index (χ2v) is 10.7. The Bertz CT molecular complexity index is 1740. The summed E-state index contributed by atoms with van der Waals surface area (Å²) in [4.78, 5) is 29.2. The van der Waals surface area contributed by atoms with E-state index in [4.69, 9.17) is 4.98 Å². The van der Waals surface area contributed by atoms with Crippen molar-refractivity contribution >= 4 is 17.8 Å². The van der Waals surface area contributed by atoms with Gasteiger partial charge in [0.2, 0.25) is 5.95 Å². The standard InChI is InChI=1S/C33H37N11O/c1-4-9-28(12-8-16-35-32-37-21-26(18-34)31(41-32)29-15-17-39-43(29)3)44(33(45)38-19-24-10-6-5-7-11-24)30-14-13-25(20-36-30)27-22-40-42(2)23-27/h5-7,10-11,13-15,17,20-23,28H,4,8-9,12,16,19H2,1-3H3,(H,38,45)(H,35,37,41)/t28-/m1/s1. The van der Waals surface area contributed by atoms with Gasteiger partial charge in [-0.1, -0.05) is 43.7 Å². The van der Waals surface area contributed by atoms with Crippen LogP contribution in [0.4, 0.5) is 16.6 Å². The van der Waals surface area contributed by atoms with Gasteiger partial charge in [-0.3, -0.25) is 14.3 Å². The molecule has 5 rings (SSSR count). The number of aromatic nitrogens is 7. The van der Waals surface area contributed by atoms with E-state index in [0.717, 1.165) is 48.1 Å². The van der Waals surface area contributed by atoms with Gasteiger partial charge in [-0.15, -0.1) is 0 Å². The molecule has 0 spiro atoms. The van der Waals surface area contributed by atoms with E-state index in [-0.39, 0.29) is 12.1 Å². The lowest BCUT2D eigenvalue weighted by atomic mass is 10.0. The van der Waals surface area contributed by atoms with Crippen molar-refractivity contribution in [3.63, 3.8) is 0 Å². The number of carbonyl (C=O) groups is 1. The lowest BCUT2D eigenvalue weighted by Gasteiger charge is -2.31. The first-order chi connectivity index (χ1) is 22.0. The quantitative estimate of drug-likeness (QED) is 0.172. The minimum atomic E-state index is -0.192. The minimum Gasteiger partial charge on any atom is -0.354 e. The highest BCUT2D eigenvalue weighted by Crippen LogP contribution is 2.25. The Balaban J connectivity index is 1.31. The number of hydrogen-bond acceptors (Lipinski definition) is 8. The van der Waals surface area contributed by atoms with Gasteiger partial charge in [0.1, 0.15) is 17.6 Å². The van der Waals surface area contributed by atoms with E-state index in [9.17, 15) is 10.1 Å². The molecule has 0 aliphatic heterocycles. The maximum atomic E-state index is 13.8. The third kappa shape index (κ3) is 7.69. The largest absolute Gasteiger partial charge is 0.354 e. The Morgan fingerprint density at radius 3 is 2.51 bits per heavy atom. The summed E-state index contributed by atoms with van der Waals surface area (Å²) < 4.78 is 3.43. The summed E-state index contributed by atoms with van der Waals surface area (Å²) in [6.45, 7) is 3.12. The number of anilines is 2. The van der Waals surface area contributed by atoms with Crippen molar-refractivity contribution in [2.24, 2.45) is 14.1 Å². The molecule has 0 aliphatic carbocycles. The van der Waals surface area contributed by atoms with Crippen LogP contribution in [0.25, 0.3) is 22.5 Å². The minimum absolute atomic E-state index is 0.0868. The summed E-state index contributed by atoms with van der Waals surface area (Å²) in [6, 6.07) is 17.4. The van der Waals surface area contributed by atoms with Crippen LogP contribution < -0.4 is 15.5 Å². The van der Waals surface area contributed by atoms with E-state index in [0.29, 0.717) is 36.1 Å². The van der Waals surface area contributed by atoms with Crippen molar-refractivity contribution in [2.45, 2.75) is 45.2 Å². The van der Waals surface area contributed by atoms with Gasteiger partial charge in [0.25, 0.3) is 0 Å². The van der Waals surface area contributed by atoms with Crippen LogP contribution in [-0.2, 0) is 20.6 Å². The summed E-state index contributed by atoms with van der Waals surface area (Å²) in [5.74, 6) is 1.03. The molecule has 5 aromatic rings. The zero-order valence-corrected chi connectivity index (χ0v) is 25.8. The molecule has 4 heterocycles. The van der Waals surface area contributed by atoms with Crippen LogP contribution in [0.15, 0.2) is 79.5 Å². The topological polar surface area (TPSA) is 142 Å². The molecule has 0 bridgehead atoms. The molecule has 0 unspecified atom stereocenters. The number of nitrogens with zero attached hydrogens (tertiary/aromatic N) is 9. The summed E-state index contributed by atoms with van der Waals surface area (Å²) in [5, 5.41) is 24.4. The van der Waals surface area contributed by atoms with Gasteiger partial charge in [0.05, 0.1) is 23.7 Å². The number of pyridine rings is 1. The van der Waals surface area contributed by atoms with Crippen LogP contribution in [0.2, 0.25) is 0 Å². The van der Waals surface area contributed by atoms with Crippen molar-refractivity contribution < 1.29 is 4.79 Å². The van der Waals surface area contributed by atoms with E-state index in [2.05, 4.69) is 43.8 Å². The SMILES string of the molecule is CCC[C@H](CCCNc1ncc(C#N)c(-c2ccnn2C)n1)N(C(=O)NCc1ccccc1)c1ccc(-c2cnn(C)c2)cn1. The maximum absolute atomic E-state index is 13.8. The first kappa shape index (κ1) is 30.9. The van der Waals surface area contributed by atoms with Crippen molar-refractivity contribution in [1.82, 2.24) is 39.8 Å². The van der Waals surface area contributed by atoms with Crippen molar-refractivity contribution in [2.75, 3.05) is 16.8 Å². The first-order valence-corrected chi connectivity index (χ1v) is 15.0. The van der Waals surface area contributed by atoms with Crippen LogP contribution in [-0.4, -0.2) is 53.1 Å². The van der Waals surface area contributed by atoms with E-state index in [1.54, 1.807) is 32.9 Å². The van der Waals surface area contributed by atoms with E-state index >= 15 is 0 Å². The molecule has 45 heavy (non-hydrogen) atoms. The van der Waals surface area contributed by atoms with Gasteiger partial charge in [-0.25, -0.2) is 19.7 Å². The second-order valence-electron chi connectivity index (χ2n) is 10.7. The Hall–Kier alpha value is -5.57. The predicted octanol–water partition coefficient (Wildman–Crippen LogP) is 5.32. The fourth-order valence-electron chi connectivity index (χ4n) is 5.21. The molecule has 230 valence electrons. The number of hydrogen-bond donors (Lipinski definition) is 2. The van der Waals surface area contributed by atoms with E-state index in [1.807, 2.05) is 68.8 Å². The van der Waals surface area contributed by atoms with Gasteiger partial charge in [0.15, 0.2) is 0 Å². The molecule has 0 radical (unpaired) electrons. The van der Waals surface area contributed by atoms with Crippen LogP contribution >= 0.6 is 0 Å². The van der Waals surface area contributed by atoms with Crippen LogP contribution in [0.5, 0.6) is 0 Å². The van der Waals surface area contributed by atoms with Gasteiger partial charge >= 0.3 is 6.03 Å². The lowest BCUT2D eigenvalue weighted by molar-refractivity contribution is 0.242. The molecule has 0 saturated heterocycles. The van der Waals surface area contributed by atoms with Gasteiger partial charge < -0.3 is 10.6 Å². The average molecular weight is 604 g/mol. The fourth-order valence-corrected chi connectivity index (χ4v) is 5.21. The number of amides is 2. The highest BCUT2D eigenvalue weighted by Gasteiger charge is 2.26. The number of aryl methyl sites for hydroxylation is 2. The van der Waals surface area contributed by atoms with Crippen LogP contribution in [0.3, 0.4) is 0 Å². The number of nitrogens with one attached hydrogen (secondary N) is 2. The van der Waals surface area contributed by atoms with Crippen LogP contribution in [0, 0.1) is 11.3 Å². The van der Waals surface area contributed by atoms with Crippen LogP contribution in [0.1, 0.15) is 43.7 Å². The monoisotopic (exact) mass is 603 g/mol. The molecular weight excluding hydrogens is 566 g/mol. The molecule has 0 aliphatic rings. The number of urea groups is 1. The molecule has 4 aromatic heterocycles. The van der Waals surface area contributed by atoms with Crippen molar-refractivity contribution in [1.29, 1.82) is 5.26 Å². The summed E-state index contributed by atoms with van der Waals surface area (Å²) in [6.07, 6.45) is 11.9. The Kier molecular flexibility index (Phi) is 10.1. The molecule has 12 heteroatoms. The zero-order chi connectivity index (χ0) is 31.6. The van der Waals surface area contributed by atoms with Crippen molar-refractivity contribution in [3.8, 4) is 28.6 Å². The maximum Gasteiger partial charge on any atom is 0.323 e. The summed E-state index contributed by atoms with van der Waals surface area (Å²) in [5.41, 5.74) is 4.56. The summed E-state index contributed by atoms with van der Waals surface area (Å²) >= 11 is 0. The Morgan fingerprint density at radius 1 is 1.00 bits per heavy atom. The molecular formula is C33H37N11O. The second kappa shape index (κ2) is 14.7. The molecule has 2 amide bonds. The normalized spacial score (nSPS) is 11.5. The zero-order valence-electron chi connectivity index (χ0n) is 25.8. The molecule has 0 saturated carbocycles. The molecule has 1 atom stereocenters. The first-order valence-electron chi connectivity index (χ1n) is 15.0. The Labute approximate surface area is 262 Å². The molecule has 0 fully saturated rings. The smallest absolute Gasteiger partial charge is 0.323 e. The van der Waals surface area contributed by atoms with Gasteiger partial charge in [-0.05, 0) is 43.0 Å². The fraction of sp³-hybridized carbons (Fsp3) is 0.303. The number of rotatable bonds is 13. The number of nitriles is 1. The van der Waals surface area contributed by atoms with E-state index < -0.39 is 0 Å². The van der Waals surface area contributed by atoms with Gasteiger partial charge in [-0.2, -0.15) is 15.5 Å². The summed E-state index contributed by atoms with van der Waals surface area (Å²) in [7, 11) is 3.68. The predicted molar refractivity (Wildman–Crippen MR) is 173 cm³/mol. The third-order valence-corrected chi connectivity index (χ3v) is 7.50. The molecule has 12 nitrogen and oxygen atoms in total. The highest BCUT2D eigenvalue weighted by molar-refractivity contribution is 5.91. The average Bonchev–Trinajstić information content (AvgIpc) is 3.70. The number of carbonyl (C=O) groups excluding carboxylic acids is 1. The Morgan fingerprint density at radius 2 is 1.84 bits per heavy atom. The molecule has 1 aromatic carbocycles.